The van der Waals surface area contributed by atoms with E-state index in [-0.39, 0.29) is 23.8 Å². The Labute approximate surface area is 172 Å². The third kappa shape index (κ3) is 4.41. The number of esters is 1. The van der Waals surface area contributed by atoms with Crippen molar-refractivity contribution < 1.29 is 23.9 Å². The lowest BCUT2D eigenvalue weighted by atomic mass is 9.73. The van der Waals surface area contributed by atoms with Crippen molar-refractivity contribution in [3.63, 3.8) is 0 Å². The van der Waals surface area contributed by atoms with Crippen molar-refractivity contribution in [1.82, 2.24) is 15.5 Å². The first kappa shape index (κ1) is 21.6. The molecule has 162 valence electrons. The van der Waals surface area contributed by atoms with Gasteiger partial charge in [-0.25, -0.2) is 4.79 Å². The molecule has 0 bridgehead atoms. The van der Waals surface area contributed by atoms with Gasteiger partial charge < -0.3 is 15.4 Å². The van der Waals surface area contributed by atoms with E-state index < -0.39 is 30.2 Å². The summed E-state index contributed by atoms with van der Waals surface area (Å²) in [5, 5.41) is 5.77. The van der Waals surface area contributed by atoms with Crippen LogP contribution in [0.5, 0.6) is 0 Å². The number of hydrogen-bond donors (Lipinski definition) is 2. The number of amides is 4. The zero-order valence-electron chi connectivity index (χ0n) is 17.7. The van der Waals surface area contributed by atoms with E-state index in [0.29, 0.717) is 12.3 Å². The van der Waals surface area contributed by atoms with E-state index in [4.69, 9.17) is 4.74 Å². The fourth-order valence-corrected chi connectivity index (χ4v) is 4.89. The Morgan fingerprint density at radius 2 is 1.86 bits per heavy atom. The molecule has 0 aromatic heterocycles. The molecule has 5 atom stereocenters. The molecule has 1 spiro atoms. The zero-order valence-corrected chi connectivity index (χ0v) is 17.7. The van der Waals surface area contributed by atoms with Gasteiger partial charge in [0.25, 0.3) is 11.8 Å². The molecule has 0 unspecified atom stereocenters. The maximum absolute atomic E-state index is 12.9. The smallest absolute Gasteiger partial charge is 0.327 e. The zero-order chi connectivity index (χ0) is 21.2. The molecule has 2 N–H and O–H groups in total. The van der Waals surface area contributed by atoms with E-state index in [1.165, 1.54) is 13.3 Å². The summed E-state index contributed by atoms with van der Waals surface area (Å²) in [4.78, 5) is 50.9. The summed E-state index contributed by atoms with van der Waals surface area (Å²) >= 11 is 0. The topological polar surface area (TPSA) is 105 Å². The molecule has 1 aliphatic heterocycles. The van der Waals surface area contributed by atoms with Crippen molar-refractivity contribution >= 4 is 23.8 Å². The number of rotatable bonds is 5. The SMILES string of the molecule is C[C@@H](OC(=O)CN1C(=O)N[C@]2(CCCC[C@@H]2C)C1=O)C(=O)N[C@@H]1CCCC[C@@H]1C. The summed E-state index contributed by atoms with van der Waals surface area (Å²) in [7, 11) is 0. The number of hydrogen-bond acceptors (Lipinski definition) is 5. The van der Waals surface area contributed by atoms with Crippen LogP contribution in [0.15, 0.2) is 0 Å². The van der Waals surface area contributed by atoms with Gasteiger partial charge in [0.15, 0.2) is 6.10 Å². The highest BCUT2D eigenvalue weighted by atomic mass is 16.5. The van der Waals surface area contributed by atoms with E-state index in [1.807, 2.05) is 6.92 Å². The van der Waals surface area contributed by atoms with Gasteiger partial charge in [-0.05, 0) is 44.4 Å². The number of carbonyl (C=O) groups is 4. The maximum Gasteiger partial charge on any atom is 0.327 e. The van der Waals surface area contributed by atoms with Gasteiger partial charge in [0.1, 0.15) is 12.1 Å². The van der Waals surface area contributed by atoms with Crippen LogP contribution in [0.25, 0.3) is 0 Å². The maximum atomic E-state index is 12.9. The third-order valence-corrected chi connectivity index (χ3v) is 6.91. The molecule has 0 aromatic rings. The highest BCUT2D eigenvalue weighted by Gasteiger charge is 2.55. The number of nitrogens with zero attached hydrogens (tertiary/aromatic N) is 1. The average Bonchev–Trinajstić information content (AvgIpc) is 2.91. The van der Waals surface area contributed by atoms with Gasteiger partial charge in [0.2, 0.25) is 0 Å². The van der Waals surface area contributed by atoms with Crippen LogP contribution < -0.4 is 10.6 Å². The lowest BCUT2D eigenvalue weighted by molar-refractivity contribution is -0.157. The van der Waals surface area contributed by atoms with Crippen LogP contribution >= 0.6 is 0 Å². The van der Waals surface area contributed by atoms with Crippen LogP contribution in [0, 0.1) is 11.8 Å². The van der Waals surface area contributed by atoms with E-state index in [1.54, 1.807) is 0 Å². The molecule has 3 fully saturated rings. The number of ether oxygens (including phenoxy) is 1. The van der Waals surface area contributed by atoms with Gasteiger partial charge in [0.05, 0.1) is 0 Å². The molecule has 29 heavy (non-hydrogen) atoms. The first-order chi connectivity index (χ1) is 13.7. The minimum absolute atomic E-state index is 0.0240. The van der Waals surface area contributed by atoms with E-state index in [2.05, 4.69) is 17.6 Å². The van der Waals surface area contributed by atoms with Gasteiger partial charge in [0, 0.05) is 6.04 Å². The van der Waals surface area contributed by atoms with Crippen LogP contribution in [-0.4, -0.2) is 52.9 Å². The molecule has 1 heterocycles. The molecule has 3 rings (SSSR count). The van der Waals surface area contributed by atoms with Gasteiger partial charge in [-0.3, -0.25) is 19.3 Å². The fourth-order valence-electron chi connectivity index (χ4n) is 4.89. The minimum atomic E-state index is -0.972. The van der Waals surface area contributed by atoms with Crippen molar-refractivity contribution in [3.05, 3.63) is 0 Å². The average molecular weight is 408 g/mol. The third-order valence-electron chi connectivity index (χ3n) is 6.91. The first-order valence-electron chi connectivity index (χ1n) is 10.9. The molecule has 1 saturated heterocycles. The molecule has 2 saturated carbocycles. The van der Waals surface area contributed by atoms with Crippen LogP contribution in [0.1, 0.15) is 72.1 Å². The number of carbonyl (C=O) groups excluding carboxylic acids is 4. The number of urea groups is 1. The molecule has 0 radical (unpaired) electrons. The normalized spacial score (nSPS) is 33.3. The minimum Gasteiger partial charge on any atom is -0.451 e. The summed E-state index contributed by atoms with van der Waals surface area (Å²) in [6.07, 6.45) is 6.62. The second-order valence-electron chi connectivity index (χ2n) is 8.95. The Morgan fingerprint density at radius 3 is 2.55 bits per heavy atom. The molecule has 2 aliphatic carbocycles. The molecular formula is C21H33N3O5. The molecule has 3 aliphatic rings. The second-order valence-corrected chi connectivity index (χ2v) is 8.95. The van der Waals surface area contributed by atoms with Crippen molar-refractivity contribution in [2.45, 2.75) is 89.8 Å². The summed E-state index contributed by atoms with van der Waals surface area (Å²) < 4.78 is 5.23. The largest absolute Gasteiger partial charge is 0.451 e. The van der Waals surface area contributed by atoms with Crippen molar-refractivity contribution in [1.29, 1.82) is 0 Å². The van der Waals surface area contributed by atoms with Gasteiger partial charge >= 0.3 is 12.0 Å². The number of imide groups is 1. The van der Waals surface area contributed by atoms with Gasteiger partial charge in [-0.1, -0.05) is 39.5 Å². The first-order valence-corrected chi connectivity index (χ1v) is 10.9. The van der Waals surface area contributed by atoms with E-state index in [0.717, 1.165) is 43.4 Å². The van der Waals surface area contributed by atoms with Crippen LogP contribution in [0.2, 0.25) is 0 Å². The van der Waals surface area contributed by atoms with Crippen molar-refractivity contribution in [3.8, 4) is 0 Å². The Kier molecular flexibility index (Phi) is 6.49. The Morgan fingerprint density at radius 1 is 1.17 bits per heavy atom. The Bertz CT molecular complexity index is 681. The Hall–Kier alpha value is -2.12. The van der Waals surface area contributed by atoms with Crippen LogP contribution in [0.4, 0.5) is 4.79 Å². The lowest BCUT2D eigenvalue weighted by Gasteiger charge is -2.36. The molecule has 4 amide bonds. The summed E-state index contributed by atoms with van der Waals surface area (Å²) in [6, 6.07) is -0.468. The summed E-state index contributed by atoms with van der Waals surface area (Å²) in [5.74, 6) is -1.04. The molecular weight excluding hydrogens is 374 g/mol. The predicted molar refractivity (Wildman–Crippen MR) is 106 cm³/mol. The van der Waals surface area contributed by atoms with Gasteiger partial charge in [-0.2, -0.15) is 0 Å². The highest BCUT2D eigenvalue weighted by Crippen LogP contribution is 2.38. The predicted octanol–water partition coefficient (Wildman–Crippen LogP) is 2.11. The monoisotopic (exact) mass is 407 g/mol. The standard InChI is InChI=1S/C21H33N3O5/c1-13-8-4-5-10-16(13)22-18(26)15(3)29-17(25)12-24-19(27)21(23-20(24)28)11-7-6-9-14(21)2/h13-16H,4-12H2,1-3H3,(H,22,26)(H,23,28)/t13-,14-,15+,16+,21-/m0/s1. The summed E-state index contributed by atoms with van der Waals surface area (Å²) in [5.41, 5.74) is -0.907. The second kappa shape index (κ2) is 8.71. The van der Waals surface area contributed by atoms with Crippen molar-refractivity contribution in [2.24, 2.45) is 11.8 Å². The van der Waals surface area contributed by atoms with E-state index in [9.17, 15) is 19.2 Å². The summed E-state index contributed by atoms with van der Waals surface area (Å²) in [6.45, 7) is 5.10. The lowest BCUT2D eigenvalue weighted by Crippen LogP contribution is -2.54. The highest BCUT2D eigenvalue weighted by molar-refractivity contribution is 6.09. The van der Waals surface area contributed by atoms with Crippen LogP contribution in [-0.2, 0) is 19.1 Å². The molecule has 8 nitrogen and oxygen atoms in total. The van der Waals surface area contributed by atoms with Crippen LogP contribution in [0.3, 0.4) is 0 Å². The molecule has 0 aromatic carbocycles. The molecule has 8 heteroatoms. The quantitative estimate of drug-likeness (QED) is 0.536. The Balaban J connectivity index is 1.54. The van der Waals surface area contributed by atoms with Crippen molar-refractivity contribution in [2.75, 3.05) is 6.54 Å². The fraction of sp³-hybridized carbons (Fsp3) is 0.810. The van der Waals surface area contributed by atoms with E-state index >= 15 is 0 Å². The van der Waals surface area contributed by atoms with Gasteiger partial charge in [-0.15, -0.1) is 0 Å². The number of nitrogens with one attached hydrogen (secondary N) is 2.